The summed E-state index contributed by atoms with van der Waals surface area (Å²) in [6.07, 6.45) is 3.99. The fourth-order valence-electron chi connectivity index (χ4n) is 4.34. The van der Waals surface area contributed by atoms with E-state index in [-0.39, 0.29) is 11.8 Å². The maximum Gasteiger partial charge on any atom is 0.271 e. The molecular formula is C27H28N4O3S. The molecule has 0 unspecified atom stereocenters. The summed E-state index contributed by atoms with van der Waals surface area (Å²) in [5.74, 6) is 1.04. The summed E-state index contributed by atoms with van der Waals surface area (Å²) >= 11 is 1.46. The van der Waals surface area contributed by atoms with Crippen molar-refractivity contribution in [1.29, 1.82) is 0 Å². The van der Waals surface area contributed by atoms with Gasteiger partial charge in [-0.2, -0.15) is 0 Å². The van der Waals surface area contributed by atoms with Gasteiger partial charge >= 0.3 is 0 Å². The zero-order valence-electron chi connectivity index (χ0n) is 19.9. The molecule has 1 saturated heterocycles. The summed E-state index contributed by atoms with van der Waals surface area (Å²) in [5.41, 5.74) is 3.41. The van der Waals surface area contributed by atoms with Crippen LogP contribution in [0.1, 0.15) is 47.5 Å². The maximum atomic E-state index is 13.1. The number of carbonyl (C=O) groups excluding carboxylic acids is 2. The van der Waals surface area contributed by atoms with E-state index in [9.17, 15) is 9.59 Å². The average molecular weight is 489 g/mol. The topological polar surface area (TPSA) is 75.9 Å². The number of likely N-dealkylation sites (tertiary alicyclic amines) is 1. The molecule has 5 rings (SSSR count). The van der Waals surface area contributed by atoms with Gasteiger partial charge in [-0.05, 0) is 49.9 Å². The molecule has 2 aromatic carbocycles. The Kier molecular flexibility index (Phi) is 6.55. The Bertz CT molecular complexity index is 1370. The zero-order chi connectivity index (χ0) is 24.4. The minimum atomic E-state index is -0.235. The Morgan fingerprint density at radius 2 is 1.94 bits per heavy atom. The summed E-state index contributed by atoms with van der Waals surface area (Å²) in [6, 6.07) is 14.8. The normalized spacial score (nSPS) is 14.3. The summed E-state index contributed by atoms with van der Waals surface area (Å²) in [6.45, 7) is 6.21. The molecule has 0 bridgehead atoms. The largest absolute Gasteiger partial charge is 0.493 e. The first-order valence-corrected chi connectivity index (χ1v) is 12.8. The van der Waals surface area contributed by atoms with E-state index < -0.39 is 0 Å². The molecule has 3 heterocycles. The van der Waals surface area contributed by atoms with Gasteiger partial charge in [0.05, 0.1) is 17.9 Å². The lowest BCUT2D eigenvalue weighted by Crippen LogP contribution is -2.38. The van der Waals surface area contributed by atoms with Gasteiger partial charge in [0, 0.05) is 35.9 Å². The standard InChI is InChI=1S/C27H28N4O3S/c1-3-34-24-10-5-4-9-21(24)25(32)28-20-8-6-7-19(15-20)22-16-31-23(17-35-27(31)29-22)26(33)30-13-11-18(2)12-14-30/h4-10,15-18H,3,11-14H2,1-2H3,(H,28,32). The molecule has 0 aliphatic carbocycles. The van der Waals surface area contributed by atoms with Gasteiger partial charge in [-0.1, -0.05) is 31.2 Å². The lowest BCUT2D eigenvalue weighted by Gasteiger charge is -2.30. The lowest BCUT2D eigenvalue weighted by atomic mass is 9.99. The lowest BCUT2D eigenvalue weighted by molar-refractivity contribution is 0.0690. The number of aromatic nitrogens is 2. The highest BCUT2D eigenvalue weighted by molar-refractivity contribution is 7.15. The Balaban J connectivity index is 1.37. The Morgan fingerprint density at radius 3 is 2.74 bits per heavy atom. The number of fused-ring (bicyclic) bond motifs is 1. The van der Waals surface area contributed by atoms with Gasteiger partial charge < -0.3 is 15.0 Å². The number of anilines is 1. The van der Waals surface area contributed by atoms with Crippen molar-refractivity contribution in [2.24, 2.45) is 5.92 Å². The van der Waals surface area contributed by atoms with E-state index in [0.717, 1.165) is 42.1 Å². The van der Waals surface area contributed by atoms with Crippen LogP contribution in [0.25, 0.3) is 16.2 Å². The molecule has 0 radical (unpaired) electrons. The summed E-state index contributed by atoms with van der Waals surface area (Å²) in [5, 5.41) is 4.85. The number of hydrogen-bond donors (Lipinski definition) is 1. The first-order valence-electron chi connectivity index (χ1n) is 11.9. The van der Waals surface area contributed by atoms with E-state index >= 15 is 0 Å². The predicted molar refractivity (Wildman–Crippen MR) is 138 cm³/mol. The minimum absolute atomic E-state index is 0.0566. The highest BCUT2D eigenvalue weighted by atomic mass is 32.1. The molecule has 1 aliphatic heterocycles. The molecule has 8 heteroatoms. The summed E-state index contributed by atoms with van der Waals surface area (Å²) < 4.78 is 7.47. The van der Waals surface area contributed by atoms with Crippen molar-refractivity contribution in [3.8, 4) is 17.0 Å². The number of rotatable bonds is 6. The van der Waals surface area contributed by atoms with Crippen LogP contribution in [-0.4, -0.2) is 45.8 Å². The number of piperidine rings is 1. The molecule has 180 valence electrons. The maximum absolute atomic E-state index is 13.1. The van der Waals surface area contributed by atoms with E-state index in [1.807, 2.05) is 64.2 Å². The number of amides is 2. The molecule has 7 nitrogen and oxygen atoms in total. The molecule has 2 amide bonds. The van der Waals surface area contributed by atoms with Gasteiger partial charge in [-0.3, -0.25) is 14.0 Å². The molecule has 1 aliphatic rings. The third kappa shape index (κ3) is 4.79. The third-order valence-corrected chi connectivity index (χ3v) is 7.19. The van der Waals surface area contributed by atoms with Crippen LogP contribution in [0, 0.1) is 5.92 Å². The Morgan fingerprint density at radius 1 is 1.14 bits per heavy atom. The minimum Gasteiger partial charge on any atom is -0.493 e. The predicted octanol–water partition coefficient (Wildman–Crippen LogP) is 5.59. The molecule has 2 aromatic heterocycles. The Labute approximate surface area is 208 Å². The smallest absolute Gasteiger partial charge is 0.271 e. The summed E-state index contributed by atoms with van der Waals surface area (Å²) in [7, 11) is 0. The van der Waals surface area contributed by atoms with Crippen molar-refractivity contribution in [2.75, 3.05) is 25.0 Å². The third-order valence-electron chi connectivity index (χ3n) is 6.35. The first kappa shape index (κ1) is 23.1. The number of imidazole rings is 1. The highest BCUT2D eigenvalue weighted by Crippen LogP contribution is 2.28. The van der Waals surface area contributed by atoms with Gasteiger partial charge in [-0.25, -0.2) is 4.98 Å². The summed E-state index contributed by atoms with van der Waals surface area (Å²) in [4.78, 5) is 33.5. The van der Waals surface area contributed by atoms with E-state index in [2.05, 4.69) is 12.2 Å². The molecule has 0 saturated carbocycles. The average Bonchev–Trinajstić information content (AvgIpc) is 3.46. The van der Waals surface area contributed by atoms with Crippen molar-refractivity contribution in [3.63, 3.8) is 0 Å². The molecule has 35 heavy (non-hydrogen) atoms. The van der Waals surface area contributed by atoms with E-state index in [1.165, 1.54) is 11.3 Å². The van der Waals surface area contributed by atoms with E-state index in [1.54, 1.807) is 12.1 Å². The zero-order valence-corrected chi connectivity index (χ0v) is 20.7. The van der Waals surface area contributed by atoms with Crippen molar-refractivity contribution >= 4 is 33.8 Å². The van der Waals surface area contributed by atoms with Crippen LogP contribution >= 0.6 is 11.3 Å². The fourth-order valence-corrected chi connectivity index (χ4v) is 5.19. The van der Waals surface area contributed by atoms with Crippen LogP contribution in [0.5, 0.6) is 5.75 Å². The van der Waals surface area contributed by atoms with Crippen LogP contribution in [0.15, 0.2) is 60.1 Å². The van der Waals surface area contributed by atoms with Crippen molar-refractivity contribution < 1.29 is 14.3 Å². The number of para-hydroxylation sites is 1. The second kappa shape index (κ2) is 9.92. The van der Waals surface area contributed by atoms with Crippen LogP contribution < -0.4 is 10.1 Å². The SMILES string of the molecule is CCOc1ccccc1C(=O)Nc1cccc(-c2cn3c(C(=O)N4CCC(C)CC4)csc3n2)c1. The number of ether oxygens (including phenoxy) is 1. The first-order chi connectivity index (χ1) is 17.0. The van der Waals surface area contributed by atoms with Gasteiger partial charge in [0.1, 0.15) is 11.4 Å². The van der Waals surface area contributed by atoms with E-state index in [0.29, 0.717) is 35.2 Å². The van der Waals surface area contributed by atoms with E-state index in [4.69, 9.17) is 9.72 Å². The van der Waals surface area contributed by atoms with Gasteiger partial charge in [0.15, 0.2) is 4.96 Å². The van der Waals surface area contributed by atoms with Gasteiger partial charge in [0.25, 0.3) is 11.8 Å². The molecule has 1 N–H and O–H groups in total. The highest BCUT2D eigenvalue weighted by Gasteiger charge is 2.24. The number of benzene rings is 2. The quantitative estimate of drug-likeness (QED) is 0.384. The fraction of sp³-hybridized carbons (Fsp3) is 0.296. The number of nitrogens with one attached hydrogen (secondary N) is 1. The molecular weight excluding hydrogens is 460 g/mol. The molecule has 4 aromatic rings. The second-order valence-electron chi connectivity index (χ2n) is 8.84. The number of carbonyl (C=O) groups is 2. The van der Waals surface area contributed by atoms with Crippen molar-refractivity contribution in [1.82, 2.24) is 14.3 Å². The van der Waals surface area contributed by atoms with Crippen LogP contribution in [0.3, 0.4) is 0 Å². The molecule has 0 spiro atoms. The second-order valence-corrected chi connectivity index (χ2v) is 9.68. The Hall–Kier alpha value is -3.65. The van der Waals surface area contributed by atoms with Gasteiger partial charge in [-0.15, -0.1) is 11.3 Å². The van der Waals surface area contributed by atoms with Crippen LogP contribution in [0.2, 0.25) is 0 Å². The monoisotopic (exact) mass is 488 g/mol. The van der Waals surface area contributed by atoms with Crippen LogP contribution in [-0.2, 0) is 0 Å². The van der Waals surface area contributed by atoms with Crippen molar-refractivity contribution in [3.05, 3.63) is 71.4 Å². The molecule has 0 atom stereocenters. The number of hydrogen-bond acceptors (Lipinski definition) is 5. The van der Waals surface area contributed by atoms with Gasteiger partial charge in [0.2, 0.25) is 0 Å². The number of nitrogens with zero attached hydrogens (tertiary/aromatic N) is 3. The van der Waals surface area contributed by atoms with Crippen LogP contribution in [0.4, 0.5) is 5.69 Å². The van der Waals surface area contributed by atoms with Crippen molar-refractivity contribution in [2.45, 2.75) is 26.7 Å². The molecule has 1 fully saturated rings. The number of thiazole rings is 1.